The fourth-order valence-corrected chi connectivity index (χ4v) is 4.12. The van der Waals surface area contributed by atoms with Gasteiger partial charge in [-0.3, -0.25) is 9.36 Å². The van der Waals surface area contributed by atoms with Crippen LogP contribution in [0.15, 0.2) is 32.2 Å². The third-order valence-corrected chi connectivity index (χ3v) is 4.83. The maximum Gasteiger partial charge on any atom is 0.261 e. The molecule has 0 saturated heterocycles. The number of benzene rings is 1. The largest absolute Gasteiger partial charge is 0.296 e. The van der Waals surface area contributed by atoms with Crippen molar-refractivity contribution in [2.45, 2.75) is 38.1 Å². The van der Waals surface area contributed by atoms with Crippen LogP contribution < -0.4 is 5.56 Å². The maximum absolute atomic E-state index is 12.6. The highest BCUT2D eigenvalue weighted by Crippen LogP contribution is 2.29. The van der Waals surface area contributed by atoms with Crippen molar-refractivity contribution < 1.29 is 0 Å². The third kappa shape index (κ3) is 2.50. The molecule has 1 saturated carbocycles. The van der Waals surface area contributed by atoms with E-state index in [0.717, 1.165) is 27.3 Å². The molecule has 2 aromatic rings. The molecule has 100 valence electrons. The lowest BCUT2D eigenvalue weighted by Crippen LogP contribution is -2.26. The lowest BCUT2D eigenvalue weighted by Gasteiger charge is -2.23. The van der Waals surface area contributed by atoms with E-state index in [-0.39, 0.29) is 5.56 Å². The number of hydrogen-bond acceptors (Lipinski definition) is 2. The summed E-state index contributed by atoms with van der Waals surface area (Å²) in [5, 5.41) is 0.675. The number of hydrogen-bond donors (Lipinski definition) is 0. The molecule has 0 aliphatic heterocycles. The zero-order valence-electron chi connectivity index (χ0n) is 10.4. The Morgan fingerprint density at radius 2 is 1.89 bits per heavy atom. The summed E-state index contributed by atoms with van der Waals surface area (Å²) in [6.45, 7) is 0. The molecule has 3 nitrogen and oxygen atoms in total. The smallest absolute Gasteiger partial charge is 0.261 e. The van der Waals surface area contributed by atoms with Gasteiger partial charge in [0.15, 0.2) is 0 Å². The highest BCUT2D eigenvalue weighted by atomic mass is 79.9. The first-order valence-electron chi connectivity index (χ1n) is 6.53. The van der Waals surface area contributed by atoms with Crippen LogP contribution in [0.5, 0.6) is 0 Å². The molecule has 1 aromatic carbocycles. The van der Waals surface area contributed by atoms with Gasteiger partial charge in [-0.05, 0) is 40.9 Å². The van der Waals surface area contributed by atoms with E-state index in [4.69, 9.17) is 0 Å². The van der Waals surface area contributed by atoms with Crippen LogP contribution >= 0.6 is 31.9 Å². The van der Waals surface area contributed by atoms with E-state index in [1.807, 2.05) is 16.7 Å². The van der Waals surface area contributed by atoms with Gasteiger partial charge in [-0.2, -0.15) is 0 Å². The quantitative estimate of drug-likeness (QED) is 0.727. The summed E-state index contributed by atoms with van der Waals surface area (Å²) in [5.74, 6) is 0. The van der Waals surface area contributed by atoms with E-state index < -0.39 is 0 Å². The molecule has 5 heteroatoms. The minimum Gasteiger partial charge on any atom is -0.296 e. The summed E-state index contributed by atoms with van der Waals surface area (Å²) in [4.78, 5) is 17.1. The molecule has 1 fully saturated rings. The van der Waals surface area contributed by atoms with Crippen LogP contribution in [0.25, 0.3) is 10.9 Å². The minimum atomic E-state index is 0.0684. The first-order valence-corrected chi connectivity index (χ1v) is 8.11. The van der Waals surface area contributed by atoms with E-state index in [0.29, 0.717) is 11.4 Å². The van der Waals surface area contributed by atoms with Gasteiger partial charge in [0, 0.05) is 15.0 Å². The molecule has 0 spiro atoms. The Kier molecular flexibility index (Phi) is 3.76. The molecule has 0 radical (unpaired) electrons. The predicted octanol–water partition coefficient (Wildman–Crippen LogP) is 4.43. The monoisotopic (exact) mass is 384 g/mol. The van der Waals surface area contributed by atoms with Crippen LogP contribution in [-0.2, 0) is 0 Å². The average Bonchev–Trinajstić information content (AvgIpc) is 2.41. The molecule has 0 amide bonds. The van der Waals surface area contributed by atoms with Gasteiger partial charge in [0.1, 0.15) is 0 Å². The van der Waals surface area contributed by atoms with Crippen LogP contribution in [0, 0.1) is 0 Å². The van der Waals surface area contributed by atoms with Crippen LogP contribution in [0.1, 0.15) is 38.1 Å². The van der Waals surface area contributed by atoms with Crippen molar-refractivity contribution in [3.63, 3.8) is 0 Å². The number of nitrogens with zero attached hydrogens (tertiary/aromatic N) is 2. The Hall–Kier alpha value is -0.680. The van der Waals surface area contributed by atoms with Crippen molar-refractivity contribution in [3.8, 4) is 0 Å². The molecule has 1 aromatic heterocycles. The Labute approximate surface area is 128 Å². The summed E-state index contributed by atoms with van der Waals surface area (Å²) >= 11 is 6.89. The predicted molar refractivity (Wildman–Crippen MR) is 83.5 cm³/mol. The zero-order valence-corrected chi connectivity index (χ0v) is 13.6. The number of fused-ring (bicyclic) bond motifs is 1. The Bertz CT molecular complexity index is 675. The van der Waals surface area contributed by atoms with Crippen LogP contribution in [0.4, 0.5) is 0 Å². The molecule has 0 N–H and O–H groups in total. The second-order valence-electron chi connectivity index (χ2n) is 5.03. The van der Waals surface area contributed by atoms with Gasteiger partial charge < -0.3 is 0 Å². The second kappa shape index (κ2) is 5.37. The van der Waals surface area contributed by atoms with Crippen molar-refractivity contribution in [3.05, 3.63) is 37.8 Å². The van der Waals surface area contributed by atoms with Gasteiger partial charge in [-0.25, -0.2) is 4.98 Å². The second-order valence-corrected chi connectivity index (χ2v) is 6.80. The number of rotatable bonds is 1. The lowest BCUT2D eigenvalue weighted by atomic mass is 9.95. The summed E-state index contributed by atoms with van der Waals surface area (Å²) in [5.41, 5.74) is 0.805. The molecule has 0 atom stereocenters. The van der Waals surface area contributed by atoms with Crippen molar-refractivity contribution >= 4 is 42.8 Å². The van der Waals surface area contributed by atoms with E-state index in [9.17, 15) is 4.79 Å². The van der Waals surface area contributed by atoms with Gasteiger partial charge in [0.05, 0.1) is 17.2 Å². The zero-order chi connectivity index (χ0) is 13.4. The topological polar surface area (TPSA) is 34.9 Å². The molecule has 19 heavy (non-hydrogen) atoms. The lowest BCUT2D eigenvalue weighted by molar-refractivity contribution is 0.345. The Morgan fingerprint density at radius 3 is 2.63 bits per heavy atom. The highest BCUT2D eigenvalue weighted by Gasteiger charge is 2.18. The van der Waals surface area contributed by atoms with Gasteiger partial charge in [0.2, 0.25) is 0 Å². The molecule has 1 aliphatic carbocycles. The molecular weight excluding hydrogens is 372 g/mol. The molecular formula is C14H14Br2N2O. The maximum atomic E-state index is 12.6. The van der Waals surface area contributed by atoms with Gasteiger partial charge >= 0.3 is 0 Å². The van der Waals surface area contributed by atoms with E-state index >= 15 is 0 Å². The van der Waals surface area contributed by atoms with Gasteiger partial charge in [-0.15, -0.1) is 0 Å². The number of aromatic nitrogens is 2. The SMILES string of the molecule is O=c1c2cc(Br)cc(Br)c2ncn1C1CCCCC1. The standard InChI is InChI=1S/C14H14Br2N2O/c15-9-6-11-13(12(16)7-9)17-8-18(14(11)19)10-4-2-1-3-5-10/h6-8,10H,1-5H2. The van der Waals surface area contributed by atoms with E-state index in [1.165, 1.54) is 19.3 Å². The molecule has 1 aliphatic rings. The minimum absolute atomic E-state index is 0.0684. The first kappa shape index (κ1) is 13.3. The van der Waals surface area contributed by atoms with Crippen LogP contribution in [0.2, 0.25) is 0 Å². The molecule has 1 heterocycles. The molecule has 3 rings (SSSR count). The highest BCUT2D eigenvalue weighted by molar-refractivity contribution is 9.11. The van der Waals surface area contributed by atoms with Crippen molar-refractivity contribution in [2.24, 2.45) is 0 Å². The fourth-order valence-electron chi connectivity index (χ4n) is 2.79. The van der Waals surface area contributed by atoms with Gasteiger partial charge in [0.25, 0.3) is 5.56 Å². The summed E-state index contributed by atoms with van der Waals surface area (Å²) in [6, 6.07) is 4.09. The fraction of sp³-hybridized carbons (Fsp3) is 0.429. The molecule has 0 bridgehead atoms. The first-order chi connectivity index (χ1) is 9.16. The van der Waals surface area contributed by atoms with Crippen LogP contribution in [-0.4, -0.2) is 9.55 Å². The summed E-state index contributed by atoms with van der Waals surface area (Å²) < 4.78 is 3.57. The van der Waals surface area contributed by atoms with E-state index in [1.54, 1.807) is 6.33 Å². The average molecular weight is 386 g/mol. The Morgan fingerprint density at radius 1 is 1.16 bits per heavy atom. The third-order valence-electron chi connectivity index (χ3n) is 3.77. The summed E-state index contributed by atoms with van der Waals surface area (Å²) in [7, 11) is 0. The molecule has 0 unspecified atom stereocenters. The van der Waals surface area contributed by atoms with Crippen LogP contribution in [0.3, 0.4) is 0 Å². The normalized spacial score (nSPS) is 16.9. The van der Waals surface area contributed by atoms with Crippen molar-refractivity contribution in [2.75, 3.05) is 0 Å². The van der Waals surface area contributed by atoms with Gasteiger partial charge in [-0.1, -0.05) is 35.2 Å². The number of halogens is 2. The van der Waals surface area contributed by atoms with Crippen molar-refractivity contribution in [1.82, 2.24) is 9.55 Å². The van der Waals surface area contributed by atoms with E-state index in [2.05, 4.69) is 36.8 Å². The summed E-state index contributed by atoms with van der Waals surface area (Å²) in [6.07, 6.45) is 7.57. The van der Waals surface area contributed by atoms with Crippen molar-refractivity contribution in [1.29, 1.82) is 0 Å². The Balaban J connectivity index is 2.17.